The molecule has 122 valence electrons. The van der Waals surface area contributed by atoms with E-state index in [0.29, 0.717) is 21.2 Å². The number of benzene rings is 2. The van der Waals surface area contributed by atoms with Crippen molar-refractivity contribution in [2.75, 3.05) is 0 Å². The van der Waals surface area contributed by atoms with Gasteiger partial charge in [-0.3, -0.25) is 0 Å². The first-order valence-electron chi connectivity index (χ1n) is 6.89. The molecule has 3 aromatic rings. The van der Waals surface area contributed by atoms with Crippen molar-refractivity contribution in [3.05, 3.63) is 74.7 Å². The summed E-state index contributed by atoms with van der Waals surface area (Å²) in [6.45, 7) is 1.87. The fourth-order valence-corrected chi connectivity index (χ4v) is 2.26. The molecule has 8 nitrogen and oxygen atoms in total. The predicted octanol–water partition coefficient (Wildman–Crippen LogP) is 3.01. The number of nitro groups is 1. The second-order valence-corrected chi connectivity index (χ2v) is 5.45. The highest BCUT2D eigenvalue weighted by molar-refractivity contribution is 6.30. The molecular weight excluding hydrogens is 334 g/mol. The minimum absolute atomic E-state index is 0.277. The molecule has 0 atom stereocenters. The average molecular weight is 346 g/mol. The molecule has 0 spiro atoms. The van der Waals surface area contributed by atoms with Gasteiger partial charge in [-0.2, -0.15) is 0 Å². The summed E-state index contributed by atoms with van der Waals surface area (Å²) in [5.74, 6) is -0.561. The van der Waals surface area contributed by atoms with E-state index in [1.54, 1.807) is 42.5 Å². The Labute approximate surface area is 141 Å². The van der Waals surface area contributed by atoms with E-state index in [2.05, 4.69) is 10.1 Å². The summed E-state index contributed by atoms with van der Waals surface area (Å²) in [6.07, 6.45) is 0. The lowest BCUT2D eigenvalue weighted by atomic mass is 10.2. The van der Waals surface area contributed by atoms with Gasteiger partial charge in [0.05, 0.1) is 10.8 Å². The summed E-state index contributed by atoms with van der Waals surface area (Å²) < 4.78 is 0. The van der Waals surface area contributed by atoms with Crippen molar-refractivity contribution < 1.29 is 10.1 Å². The number of nitrogens with zero attached hydrogens (tertiary/aromatic N) is 5. The predicted molar refractivity (Wildman–Crippen MR) is 86.8 cm³/mol. The van der Waals surface area contributed by atoms with E-state index in [0.717, 1.165) is 10.4 Å². The summed E-state index contributed by atoms with van der Waals surface area (Å²) in [5.41, 5.74) is 1.53. The zero-order chi connectivity index (χ0) is 17.3. The minimum Gasteiger partial charge on any atom is -0.409 e. The van der Waals surface area contributed by atoms with Gasteiger partial charge in [-0.25, -0.2) is 4.99 Å². The maximum atomic E-state index is 11.3. The van der Waals surface area contributed by atoms with Gasteiger partial charge in [0.1, 0.15) is 5.69 Å². The lowest BCUT2D eigenvalue weighted by Crippen LogP contribution is -2.22. The highest BCUT2D eigenvalue weighted by atomic mass is 35.5. The van der Waals surface area contributed by atoms with Crippen molar-refractivity contribution in [3.8, 4) is 5.69 Å². The summed E-state index contributed by atoms with van der Waals surface area (Å²) >= 11 is 5.82. The van der Waals surface area contributed by atoms with Gasteiger partial charge >= 0.3 is 5.82 Å². The van der Waals surface area contributed by atoms with Gasteiger partial charge in [-0.1, -0.05) is 28.6 Å². The molecular formula is C15H12ClN5O3. The van der Waals surface area contributed by atoms with E-state index in [1.165, 1.54) is 0 Å². The van der Waals surface area contributed by atoms with Crippen LogP contribution in [0.25, 0.3) is 5.69 Å². The third-order valence-electron chi connectivity index (χ3n) is 3.23. The highest BCUT2D eigenvalue weighted by Crippen LogP contribution is 2.15. The normalized spacial score (nSPS) is 11.7. The van der Waals surface area contributed by atoms with Gasteiger partial charge in [0.2, 0.25) is 0 Å². The number of aryl methyl sites for hydroxylation is 1. The molecule has 0 aliphatic carbocycles. The Morgan fingerprint density at radius 3 is 2.58 bits per heavy atom. The van der Waals surface area contributed by atoms with Gasteiger partial charge in [0.25, 0.3) is 5.49 Å². The quantitative estimate of drug-likeness (QED) is 0.448. The lowest BCUT2D eigenvalue weighted by Gasteiger charge is -1.99. The topological polar surface area (TPSA) is 98.5 Å². The van der Waals surface area contributed by atoms with Crippen LogP contribution in [0.4, 0.5) is 11.5 Å². The maximum absolute atomic E-state index is 11.3. The molecule has 0 unspecified atom stereocenters. The Hall–Kier alpha value is -3.13. The molecule has 0 aliphatic heterocycles. The monoisotopic (exact) mass is 345 g/mol. The van der Waals surface area contributed by atoms with Gasteiger partial charge in [-0.15, -0.1) is 0 Å². The van der Waals surface area contributed by atoms with Crippen LogP contribution in [0.2, 0.25) is 5.02 Å². The molecule has 24 heavy (non-hydrogen) atoms. The number of halogens is 1. The van der Waals surface area contributed by atoms with Crippen LogP contribution in [-0.2, 0) is 0 Å². The molecule has 2 aromatic carbocycles. The largest absolute Gasteiger partial charge is 0.438 e. The summed E-state index contributed by atoms with van der Waals surface area (Å²) in [7, 11) is 0. The smallest absolute Gasteiger partial charge is 0.409 e. The van der Waals surface area contributed by atoms with E-state index in [-0.39, 0.29) is 5.49 Å². The molecule has 9 heteroatoms. The molecule has 0 aliphatic rings. The van der Waals surface area contributed by atoms with Crippen molar-refractivity contribution in [1.82, 2.24) is 14.7 Å². The standard InChI is InChI=1S/C15H12ClN5O3/c1-10-3-2-4-12(9-10)17-14-15(21(23)24)18-19(20(14)22)13-7-5-11(16)6-8-13/h2-9,22H,1H3. The number of hydrogen-bond acceptors (Lipinski definition) is 5. The van der Waals surface area contributed by atoms with Gasteiger partial charge in [0.15, 0.2) is 0 Å². The van der Waals surface area contributed by atoms with Crippen molar-refractivity contribution in [1.29, 1.82) is 0 Å². The number of aromatic nitrogens is 3. The Morgan fingerprint density at radius 2 is 1.96 bits per heavy atom. The summed E-state index contributed by atoms with van der Waals surface area (Å²) in [6, 6.07) is 13.4. The second kappa shape index (κ2) is 6.17. The number of rotatable bonds is 3. The summed E-state index contributed by atoms with van der Waals surface area (Å²) in [5, 5.41) is 25.9. The zero-order valence-corrected chi connectivity index (χ0v) is 13.3. The van der Waals surface area contributed by atoms with E-state index in [1.807, 2.05) is 13.0 Å². The fourth-order valence-electron chi connectivity index (χ4n) is 2.13. The first-order chi connectivity index (χ1) is 11.5. The van der Waals surface area contributed by atoms with Crippen molar-refractivity contribution in [2.45, 2.75) is 6.92 Å². The summed E-state index contributed by atoms with van der Waals surface area (Å²) in [4.78, 5) is 16.2. The molecule has 0 saturated heterocycles. The Kier molecular flexibility index (Phi) is 4.05. The Balaban J connectivity index is 2.22. The van der Waals surface area contributed by atoms with Crippen molar-refractivity contribution in [2.24, 2.45) is 4.99 Å². The van der Waals surface area contributed by atoms with Crippen molar-refractivity contribution in [3.63, 3.8) is 0 Å². The van der Waals surface area contributed by atoms with Crippen LogP contribution in [0.1, 0.15) is 5.56 Å². The van der Waals surface area contributed by atoms with Gasteiger partial charge < -0.3 is 15.3 Å². The number of hydrogen-bond donors (Lipinski definition) is 1. The van der Waals surface area contributed by atoms with Crippen molar-refractivity contribution >= 4 is 23.1 Å². The van der Waals surface area contributed by atoms with Crippen LogP contribution >= 0.6 is 11.6 Å². The zero-order valence-electron chi connectivity index (χ0n) is 12.5. The van der Waals surface area contributed by atoms with Crippen LogP contribution < -0.4 is 5.49 Å². The second-order valence-electron chi connectivity index (χ2n) is 5.01. The van der Waals surface area contributed by atoms with E-state index < -0.39 is 10.7 Å². The third kappa shape index (κ3) is 2.99. The van der Waals surface area contributed by atoms with Crippen LogP contribution in [0.5, 0.6) is 0 Å². The highest BCUT2D eigenvalue weighted by Gasteiger charge is 2.24. The first kappa shape index (κ1) is 15.8. The van der Waals surface area contributed by atoms with E-state index in [9.17, 15) is 15.3 Å². The van der Waals surface area contributed by atoms with E-state index in [4.69, 9.17) is 11.6 Å². The Morgan fingerprint density at radius 1 is 1.25 bits per heavy atom. The third-order valence-corrected chi connectivity index (χ3v) is 3.48. The van der Waals surface area contributed by atoms with Crippen LogP contribution in [0.3, 0.4) is 0 Å². The molecule has 0 radical (unpaired) electrons. The molecule has 0 bridgehead atoms. The molecule has 0 amide bonds. The minimum atomic E-state index is -0.701. The molecule has 3 rings (SSSR count). The molecule has 1 aromatic heterocycles. The molecule has 0 saturated carbocycles. The average Bonchev–Trinajstić information content (AvgIpc) is 2.86. The van der Waals surface area contributed by atoms with Crippen LogP contribution in [0.15, 0.2) is 53.5 Å². The van der Waals surface area contributed by atoms with Crippen LogP contribution in [-0.4, -0.2) is 24.9 Å². The molecule has 1 heterocycles. The van der Waals surface area contributed by atoms with Gasteiger partial charge in [0, 0.05) is 5.02 Å². The Bertz CT molecular complexity index is 976. The first-order valence-corrected chi connectivity index (χ1v) is 7.27. The van der Waals surface area contributed by atoms with E-state index >= 15 is 0 Å². The molecule has 0 fully saturated rings. The molecule has 1 N–H and O–H groups in total. The maximum Gasteiger partial charge on any atom is 0.438 e. The lowest BCUT2D eigenvalue weighted by molar-refractivity contribution is -0.391. The van der Waals surface area contributed by atoms with Crippen LogP contribution in [0, 0.1) is 17.0 Å². The fraction of sp³-hybridized carbons (Fsp3) is 0.0667. The SMILES string of the molecule is Cc1cccc(N=c2c([N+](=O)[O-])nn(-c3ccc(Cl)cc3)n2O)c1. The van der Waals surface area contributed by atoms with Gasteiger partial charge in [-0.05, 0) is 58.6 Å².